The van der Waals surface area contributed by atoms with E-state index in [2.05, 4.69) is 15.6 Å². The first kappa shape index (κ1) is 13.0. The SMILES string of the molecule is CC(=O)Nc1ccsc1CNCc1csc(=O)[nH]1. The van der Waals surface area contributed by atoms with Gasteiger partial charge in [-0.15, -0.1) is 11.3 Å². The predicted molar refractivity (Wildman–Crippen MR) is 74.1 cm³/mol. The molecule has 0 aromatic carbocycles. The summed E-state index contributed by atoms with van der Waals surface area (Å²) in [6.45, 7) is 2.76. The number of aromatic amines is 1. The minimum atomic E-state index is -0.0724. The minimum absolute atomic E-state index is 0.0399. The van der Waals surface area contributed by atoms with Gasteiger partial charge in [-0.3, -0.25) is 9.59 Å². The van der Waals surface area contributed by atoms with E-state index in [-0.39, 0.29) is 10.8 Å². The highest BCUT2D eigenvalue weighted by atomic mass is 32.1. The Morgan fingerprint density at radius 1 is 1.39 bits per heavy atom. The Kier molecular flexibility index (Phi) is 4.29. The van der Waals surface area contributed by atoms with E-state index in [0.29, 0.717) is 13.1 Å². The molecule has 2 heterocycles. The highest BCUT2D eigenvalue weighted by Gasteiger charge is 2.05. The van der Waals surface area contributed by atoms with E-state index < -0.39 is 0 Å². The van der Waals surface area contributed by atoms with Crippen molar-refractivity contribution < 1.29 is 4.79 Å². The lowest BCUT2D eigenvalue weighted by molar-refractivity contribution is -0.114. The van der Waals surface area contributed by atoms with Gasteiger partial charge in [0.25, 0.3) is 0 Å². The number of thiophene rings is 1. The number of hydrogen-bond donors (Lipinski definition) is 3. The second-order valence-corrected chi connectivity index (χ2v) is 5.56. The number of thiazole rings is 1. The Balaban J connectivity index is 1.88. The van der Waals surface area contributed by atoms with Crippen LogP contribution in [0.5, 0.6) is 0 Å². The maximum Gasteiger partial charge on any atom is 0.304 e. The van der Waals surface area contributed by atoms with E-state index in [9.17, 15) is 9.59 Å². The molecule has 0 unspecified atom stereocenters. The van der Waals surface area contributed by atoms with Crippen LogP contribution >= 0.6 is 22.7 Å². The molecule has 2 rings (SSSR count). The maximum atomic E-state index is 11.0. The molecule has 0 bridgehead atoms. The fourth-order valence-corrected chi connectivity index (χ4v) is 2.87. The first-order valence-corrected chi connectivity index (χ1v) is 7.12. The Bertz CT molecular complexity index is 585. The van der Waals surface area contributed by atoms with Crippen molar-refractivity contribution in [2.75, 3.05) is 5.32 Å². The van der Waals surface area contributed by atoms with E-state index in [1.165, 1.54) is 6.92 Å². The molecular formula is C11H13N3O2S2. The fraction of sp³-hybridized carbons (Fsp3) is 0.273. The Morgan fingerprint density at radius 3 is 2.89 bits per heavy atom. The zero-order valence-corrected chi connectivity index (χ0v) is 11.4. The summed E-state index contributed by atoms with van der Waals surface area (Å²) in [7, 11) is 0. The molecule has 18 heavy (non-hydrogen) atoms. The van der Waals surface area contributed by atoms with Crippen molar-refractivity contribution in [2.45, 2.75) is 20.0 Å². The smallest absolute Gasteiger partial charge is 0.304 e. The van der Waals surface area contributed by atoms with Gasteiger partial charge in [-0.25, -0.2) is 0 Å². The number of nitrogens with one attached hydrogen (secondary N) is 3. The molecule has 0 aliphatic carbocycles. The molecule has 0 spiro atoms. The molecular weight excluding hydrogens is 270 g/mol. The Labute approximate surface area is 112 Å². The fourth-order valence-electron chi connectivity index (χ4n) is 1.49. The molecule has 7 heteroatoms. The zero-order valence-electron chi connectivity index (χ0n) is 9.78. The van der Waals surface area contributed by atoms with Crippen molar-refractivity contribution in [3.8, 4) is 0 Å². The van der Waals surface area contributed by atoms with Crippen LogP contribution in [0.15, 0.2) is 21.6 Å². The third kappa shape index (κ3) is 3.52. The van der Waals surface area contributed by atoms with Crippen molar-refractivity contribution in [1.29, 1.82) is 0 Å². The number of aromatic nitrogens is 1. The summed E-state index contributed by atoms with van der Waals surface area (Å²) < 4.78 is 0. The normalized spacial score (nSPS) is 10.5. The number of H-pyrrole nitrogens is 1. The third-order valence-corrected chi connectivity index (χ3v) is 3.87. The number of hydrogen-bond acceptors (Lipinski definition) is 5. The van der Waals surface area contributed by atoms with E-state index in [1.807, 2.05) is 11.4 Å². The lowest BCUT2D eigenvalue weighted by Crippen LogP contribution is -2.15. The van der Waals surface area contributed by atoms with Crippen LogP contribution in [0.2, 0.25) is 0 Å². The first-order valence-electron chi connectivity index (χ1n) is 5.36. The van der Waals surface area contributed by atoms with Crippen LogP contribution in [0, 0.1) is 0 Å². The molecule has 0 saturated heterocycles. The van der Waals surface area contributed by atoms with Crippen molar-refractivity contribution in [3.05, 3.63) is 37.1 Å². The largest absolute Gasteiger partial charge is 0.325 e. The molecule has 0 aliphatic heterocycles. The number of rotatable bonds is 5. The molecule has 2 aromatic heterocycles. The van der Waals surface area contributed by atoms with Gasteiger partial charge in [0.05, 0.1) is 5.69 Å². The predicted octanol–water partition coefficient (Wildman–Crippen LogP) is 1.75. The van der Waals surface area contributed by atoms with Crippen LogP contribution in [0.25, 0.3) is 0 Å². The zero-order chi connectivity index (χ0) is 13.0. The average molecular weight is 283 g/mol. The highest BCUT2D eigenvalue weighted by Crippen LogP contribution is 2.21. The van der Waals surface area contributed by atoms with Crippen LogP contribution in [0.1, 0.15) is 17.5 Å². The minimum Gasteiger partial charge on any atom is -0.325 e. The molecule has 0 radical (unpaired) electrons. The lowest BCUT2D eigenvalue weighted by Gasteiger charge is -2.05. The van der Waals surface area contributed by atoms with Crippen molar-refractivity contribution in [1.82, 2.24) is 10.3 Å². The van der Waals surface area contributed by atoms with Crippen LogP contribution in [0.3, 0.4) is 0 Å². The van der Waals surface area contributed by atoms with E-state index in [4.69, 9.17) is 0 Å². The number of amides is 1. The molecule has 5 nitrogen and oxygen atoms in total. The molecule has 1 amide bonds. The van der Waals surface area contributed by atoms with Gasteiger partial charge in [0, 0.05) is 36.0 Å². The van der Waals surface area contributed by atoms with Gasteiger partial charge in [-0.1, -0.05) is 11.3 Å². The van der Waals surface area contributed by atoms with Crippen molar-refractivity contribution >= 4 is 34.3 Å². The summed E-state index contributed by atoms with van der Waals surface area (Å²) in [5.74, 6) is -0.0724. The lowest BCUT2D eigenvalue weighted by atomic mass is 10.3. The molecule has 2 aromatic rings. The number of carbonyl (C=O) groups excluding carboxylic acids is 1. The van der Waals surface area contributed by atoms with Gasteiger partial charge < -0.3 is 15.6 Å². The summed E-state index contributed by atoms with van der Waals surface area (Å²) >= 11 is 2.74. The van der Waals surface area contributed by atoms with Crippen molar-refractivity contribution in [3.63, 3.8) is 0 Å². The summed E-state index contributed by atoms with van der Waals surface area (Å²) in [6.07, 6.45) is 0. The van der Waals surface area contributed by atoms with E-state index >= 15 is 0 Å². The summed E-state index contributed by atoms with van der Waals surface area (Å²) in [4.78, 5) is 25.7. The topological polar surface area (TPSA) is 74.0 Å². The summed E-state index contributed by atoms with van der Waals surface area (Å²) in [6, 6.07) is 1.88. The van der Waals surface area contributed by atoms with E-state index in [0.717, 1.165) is 27.6 Å². The van der Waals surface area contributed by atoms with Crippen LogP contribution in [-0.2, 0) is 17.9 Å². The quantitative estimate of drug-likeness (QED) is 0.782. The van der Waals surface area contributed by atoms with Gasteiger partial charge in [-0.2, -0.15) is 0 Å². The van der Waals surface area contributed by atoms with Crippen molar-refractivity contribution in [2.24, 2.45) is 0 Å². The Hall–Kier alpha value is -1.44. The third-order valence-electron chi connectivity index (χ3n) is 2.23. The second-order valence-electron chi connectivity index (χ2n) is 3.72. The van der Waals surface area contributed by atoms with Gasteiger partial charge >= 0.3 is 4.87 Å². The molecule has 0 saturated carbocycles. The maximum absolute atomic E-state index is 11.0. The molecule has 96 valence electrons. The number of anilines is 1. The second kappa shape index (κ2) is 5.94. The molecule has 0 atom stereocenters. The summed E-state index contributed by atoms with van der Waals surface area (Å²) in [5.41, 5.74) is 1.72. The van der Waals surface area contributed by atoms with E-state index in [1.54, 1.807) is 16.7 Å². The highest BCUT2D eigenvalue weighted by molar-refractivity contribution is 7.10. The van der Waals surface area contributed by atoms with Gasteiger partial charge in [0.2, 0.25) is 5.91 Å². The monoisotopic (exact) mass is 283 g/mol. The standard InChI is InChI=1S/C11H13N3O2S2/c1-7(15)13-9-2-3-17-10(9)5-12-4-8-6-18-11(16)14-8/h2-3,6,12H,4-5H2,1H3,(H,13,15)(H,14,16). The number of carbonyl (C=O) groups is 1. The van der Waals surface area contributed by atoms with Gasteiger partial charge in [-0.05, 0) is 11.4 Å². The molecule has 0 fully saturated rings. The van der Waals surface area contributed by atoms with Crippen LogP contribution in [-0.4, -0.2) is 10.9 Å². The first-order chi connectivity index (χ1) is 8.65. The van der Waals surface area contributed by atoms with Crippen LogP contribution in [0.4, 0.5) is 5.69 Å². The molecule has 0 aliphatic rings. The van der Waals surface area contributed by atoms with Crippen LogP contribution < -0.4 is 15.5 Å². The Morgan fingerprint density at radius 2 is 2.22 bits per heavy atom. The van der Waals surface area contributed by atoms with Gasteiger partial charge in [0.15, 0.2) is 0 Å². The average Bonchev–Trinajstić information content (AvgIpc) is 2.88. The summed E-state index contributed by atoms with van der Waals surface area (Å²) in [5, 5.41) is 9.75. The van der Waals surface area contributed by atoms with Gasteiger partial charge in [0.1, 0.15) is 0 Å². The molecule has 3 N–H and O–H groups in total.